The number of nitrogens with one attached hydrogen (secondary N) is 1. The molecule has 0 radical (unpaired) electrons. The number of halogens is 2. The zero-order valence-electron chi connectivity index (χ0n) is 13.8. The van der Waals surface area contributed by atoms with Gasteiger partial charge in [0.15, 0.2) is 0 Å². The van der Waals surface area contributed by atoms with E-state index in [0.29, 0.717) is 17.8 Å². The molecule has 1 fully saturated rings. The fourth-order valence-corrected chi connectivity index (χ4v) is 3.08. The van der Waals surface area contributed by atoms with Crippen molar-refractivity contribution in [2.24, 2.45) is 11.8 Å². The van der Waals surface area contributed by atoms with Crippen LogP contribution >= 0.6 is 31.9 Å². The summed E-state index contributed by atoms with van der Waals surface area (Å²) < 4.78 is 2.18. The van der Waals surface area contributed by atoms with Crippen LogP contribution in [0.1, 0.15) is 38.7 Å². The van der Waals surface area contributed by atoms with Crippen molar-refractivity contribution in [2.45, 2.75) is 33.1 Å². The Balaban J connectivity index is 1.87. The summed E-state index contributed by atoms with van der Waals surface area (Å²) in [6, 6.07) is 6.45. The van der Waals surface area contributed by atoms with Crippen LogP contribution in [0.15, 0.2) is 50.9 Å². The Morgan fingerprint density at radius 3 is 2.74 bits per heavy atom. The molecule has 124 valence electrons. The van der Waals surface area contributed by atoms with Gasteiger partial charge in [-0.3, -0.25) is 4.79 Å². The second-order valence-electron chi connectivity index (χ2n) is 6.57. The summed E-state index contributed by atoms with van der Waals surface area (Å²) in [5.74, 6) is 1.63. The molecule has 0 aliphatic heterocycles. The summed E-state index contributed by atoms with van der Waals surface area (Å²) in [6.45, 7) is 6.86. The van der Waals surface area contributed by atoms with Gasteiger partial charge in [-0.1, -0.05) is 32.1 Å². The average molecular weight is 441 g/mol. The monoisotopic (exact) mass is 439 g/mol. The summed E-state index contributed by atoms with van der Waals surface area (Å²) in [6.07, 6.45) is 7.14. The predicted molar refractivity (Wildman–Crippen MR) is 103 cm³/mol. The van der Waals surface area contributed by atoms with Crippen LogP contribution in [0.3, 0.4) is 0 Å². The molecule has 2 rings (SSSR count). The minimum absolute atomic E-state index is 0.00922. The van der Waals surface area contributed by atoms with E-state index in [1.807, 2.05) is 6.92 Å². The van der Waals surface area contributed by atoms with Crippen molar-refractivity contribution < 1.29 is 4.79 Å². The SMILES string of the molecule is CC(/C=C/[C@H]1C[C@@H]1c1ccc(Br)c(Br)c1)=C\C(=O)NCC(C)C. The summed E-state index contributed by atoms with van der Waals surface area (Å²) in [5.41, 5.74) is 2.36. The smallest absolute Gasteiger partial charge is 0.244 e. The molecule has 23 heavy (non-hydrogen) atoms. The van der Waals surface area contributed by atoms with Crippen LogP contribution in [0.2, 0.25) is 0 Å². The number of rotatable bonds is 6. The van der Waals surface area contributed by atoms with Crippen LogP contribution < -0.4 is 5.32 Å². The van der Waals surface area contributed by atoms with E-state index in [9.17, 15) is 4.79 Å². The minimum Gasteiger partial charge on any atom is -0.352 e. The van der Waals surface area contributed by atoms with Crippen LogP contribution in [0.5, 0.6) is 0 Å². The highest BCUT2D eigenvalue weighted by atomic mass is 79.9. The topological polar surface area (TPSA) is 29.1 Å². The van der Waals surface area contributed by atoms with Crippen molar-refractivity contribution in [3.05, 3.63) is 56.5 Å². The van der Waals surface area contributed by atoms with Gasteiger partial charge in [-0.15, -0.1) is 0 Å². The minimum atomic E-state index is -0.00922. The van der Waals surface area contributed by atoms with Gasteiger partial charge in [0, 0.05) is 21.6 Å². The highest BCUT2D eigenvalue weighted by molar-refractivity contribution is 9.13. The number of amides is 1. The van der Waals surface area contributed by atoms with Crippen LogP contribution in [-0.4, -0.2) is 12.5 Å². The average Bonchev–Trinajstić information content (AvgIpc) is 3.25. The Labute approximate surface area is 155 Å². The van der Waals surface area contributed by atoms with E-state index in [1.54, 1.807) is 6.08 Å². The first-order chi connectivity index (χ1) is 10.9. The molecule has 0 heterocycles. The van der Waals surface area contributed by atoms with E-state index in [-0.39, 0.29) is 5.91 Å². The Hall–Kier alpha value is -0.870. The van der Waals surface area contributed by atoms with Gasteiger partial charge >= 0.3 is 0 Å². The summed E-state index contributed by atoms with van der Waals surface area (Å²) >= 11 is 7.06. The van der Waals surface area contributed by atoms with Crippen LogP contribution in [0.25, 0.3) is 0 Å². The number of hydrogen-bond donors (Lipinski definition) is 1. The van der Waals surface area contributed by atoms with Crippen molar-refractivity contribution >= 4 is 37.8 Å². The van der Waals surface area contributed by atoms with E-state index in [1.165, 1.54) is 12.0 Å². The molecule has 4 heteroatoms. The summed E-state index contributed by atoms with van der Waals surface area (Å²) in [4.78, 5) is 11.7. The maximum absolute atomic E-state index is 11.7. The Bertz CT molecular complexity index is 634. The lowest BCUT2D eigenvalue weighted by Gasteiger charge is -2.04. The largest absolute Gasteiger partial charge is 0.352 e. The van der Waals surface area contributed by atoms with Crippen molar-refractivity contribution in [1.29, 1.82) is 0 Å². The van der Waals surface area contributed by atoms with E-state index in [2.05, 4.69) is 81.4 Å². The van der Waals surface area contributed by atoms with Gasteiger partial charge in [-0.05, 0) is 86.2 Å². The highest BCUT2D eigenvalue weighted by Gasteiger charge is 2.36. The van der Waals surface area contributed by atoms with E-state index in [0.717, 1.165) is 21.1 Å². The van der Waals surface area contributed by atoms with Gasteiger partial charge in [-0.25, -0.2) is 0 Å². The standard InChI is InChI=1S/C19H23Br2NO/c1-12(2)11-22-19(23)8-13(3)4-5-14-9-16(14)15-6-7-17(20)18(21)10-15/h4-8,10,12,14,16H,9,11H2,1-3H3,(H,22,23)/b5-4+,13-8+/t14-,16-/m0/s1. The Morgan fingerprint density at radius 2 is 2.09 bits per heavy atom. The van der Waals surface area contributed by atoms with Crippen molar-refractivity contribution in [1.82, 2.24) is 5.32 Å². The molecule has 0 bridgehead atoms. The zero-order chi connectivity index (χ0) is 17.0. The molecule has 1 saturated carbocycles. The molecular weight excluding hydrogens is 418 g/mol. The third kappa shape index (κ3) is 5.92. The fourth-order valence-electron chi connectivity index (χ4n) is 2.44. The van der Waals surface area contributed by atoms with Gasteiger partial charge in [0.25, 0.3) is 0 Å². The number of allylic oxidation sites excluding steroid dienone is 3. The number of hydrogen-bond acceptors (Lipinski definition) is 1. The molecule has 1 N–H and O–H groups in total. The summed E-state index contributed by atoms with van der Waals surface area (Å²) in [7, 11) is 0. The second kappa shape index (κ2) is 8.29. The first-order valence-corrected chi connectivity index (χ1v) is 9.54. The second-order valence-corrected chi connectivity index (χ2v) is 8.27. The lowest BCUT2D eigenvalue weighted by molar-refractivity contribution is -0.116. The van der Waals surface area contributed by atoms with Crippen LogP contribution in [0.4, 0.5) is 0 Å². The molecule has 1 amide bonds. The molecule has 1 aliphatic carbocycles. The molecule has 1 aromatic carbocycles. The van der Waals surface area contributed by atoms with Gasteiger partial charge in [-0.2, -0.15) is 0 Å². The number of carbonyl (C=O) groups is 1. The molecule has 0 spiro atoms. The molecule has 0 aromatic heterocycles. The van der Waals surface area contributed by atoms with Gasteiger partial charge in [0.1, 0.15) is 0 Å². The van der Waals surface area contributed by atoms with Crippen LogP contribution in [0, 0.1) is 11.8 Å². The van der Waals surface area contributed by atoms with E-state index >= 15 is 0 Å². The molecule has 2 nitrogen and oxygen atoms in total. The number of carbonyl (C=O) groups excluding carboxylic acids is 1. The van der Waals surface area contributed by atoms with Crippen LogP contribution in [-0.2, 0) is 4.79 Å². The Morgan fingerprint density at radius 1 is 1.35 bits per heavy atom. The number of benzene rings is 1. The van der Waals surface area contributed by atoms with Crippen molar-refractivity contribution in [3.63, 3.8) is 0 Å². The van der Waals surface area contributed by atoms with Crippen molar-refractivity contribution in [2.75, 3.05) is 6.54 Å². The molecule has 0 saturated heterocycles. The fraction of sp³-hybridized carbons (Fsp3) is 0.421. The summed E-state index contributed by atoms with van der Waals surface area (Å²) in [5, 5.41) is 2.90. The molecule has 0 unspecified atom stereocenters. The molecule has 1 aromatic rings. The molecule has 2 atom stereocenters. The van der Waals surface area contributed by atoms with E-state index < -0.39 is 0 Å². The lowest BCUT2D eigenvalue weighted by atomic mass is 10.1. The predicted octanol–water partition coefficient (Wildman–Crippen LogP) is 5.59. The maximum atomic E-state index is 11.7. The third-order valence-corrected chi connectivity index (χ3v) is 5.74. The zero-order valence-corrected chi connectivity index (χ0v) is 16.9. The first-order valence-electron chi connectivity index (χ1n) is 7.96. The third-order valence-electron chi connectivity index (χ3n) is 3.86. The van der Waals surface area contributed by atoms with Crippen molar-refractivity contribution in [3.8, 4) is 0 Å². The van der Waals surface area contributed by atoms with E-state index in [4.69, 9.17) is 0 Å². The highest BCUT2D eigenvalue weighted by Crippen LogP contribution is 2.49. The van der Waals surface area contributed by atoms with Gasteiger partial charge in [0.2, 0.25) is 5.91 Å². The Kier molecular flexibility index (Phi) is 6.66. The van der Waals surface area contributed by atoms with Gasteiger partial charge < -0.3 is 5.32 Å². The first kappa shape index (κ1) is 18.5. The molecular formula is C19H23Br2NO. The maximum Gasteiger partial charge on any atom is 0.244 e. The lowest BCUT2D eigenvalue weighted by Crippen LogP contribution is -2.25. The van der Waals surface area contributed by atoms with Gasteiger partial charge in [0.05, 0.1) is 0 Å². The normalized spacial score (nSPS) is 21.0. The molecule has 1 aliphatic rings. The quantitative estimate of drug-likeness (QED) is 0.453.